The van der Waals surface area contributed by atoms with Gasteiger partial charge >= 0.3 is 0 Å². The van der Waals surface area contributed by atoms with Gasteiger partial charge < -0.3 is 14.8 Å². The second-order valence-electron chi connectivity index (χ2n) is 5.75. The zero-order valence-electron chi connectivity index (χ0n) is 15.5. The Morgan fingerprint density at radius 3 is 2.57 bits per heavy atom. The summed E-state index contributed by atoms with van der Waals surface area (Å²) in [6.45, 7) is 3.02. The summed E-state index contributed by atoms with van der Waals surface area (Å²) in [7, 11) is 1.56. The first kappa shape index (κ1) is 22.5. The van der Waals surface area contributed by atoms with Gasteiger partial charge in [-0.05, 0) is 65.4 Å². The van der Waals surface area contributed by atoms with Crippen LogP contribution in [0.4, 0.5) is 20.2 Å². The fraction of sp³-hybridized carbons (Fsp3) is 0.316. The number of hydroxylamine groups is 1. The predicted octanol–water partition coefficient (Wildman–Crippen LogP) is 3.95. The molecule has 0 aliphatic heterocycles. The highest BCUT2D eigenvalue weighted by Crippen LogP contribution is 2.28. The summed E-state index contributed by atoms with van der Waals surface area (Å²) >= 11 is 2.15. The number of benzene rings is 2. The molecule has 152 valence electrons. The van der Waals surface area contributed by atoms with Crippen molar-refractivity contribution in [3.05, 3.63) is 56.7 Å². The van der Waals surface area contributed by atoms with E-state index < -0.39 is 17.5 Å². The molecule has 0 atom stereocenters. The van der Waals surface area contributed by atoms with Crippen molar-refractivity contribution in [3.63, 3.8) is 0 Å². The average molecular weight is 506 g/mol. The Hall–Kier alpha value is -1.82. The predicted molar refractivity (Wildman–Crippen MR) is 110 cm³/mol. The zero-order chi connectivity index (χ0) is 20.5. The number of ether oxygens (including phenoxy) is 2. The van der Waals surface area contributed by atoms with Crippen LogP contribution in [0.15, 0.2) is 30.3 Å². The van der Waals surface area contributed by atoms with Crippen LogP contribution in [-0.4, -0.2) is 39.4 Å². The molecule has 28 heavy (non-hydrogen) atoms. The molecule has 2 aromatic rings. The summed E-state index contributed by atoms with van der Waals surface area (Å²) in [5.41, 5.74) is 3.24. The van der Waals surface area contributed by atoms with Gasteiger partial charge in [0.2, 0.25) is 0 Å². The summed E-state index contributed by atoms with van der Waals surface area (Å²) in [4.78, 5) is 17.4. The summed E-state index contributed by atoms with van der Waals surface area (Å²) < 4.78 is 39.2. The highest BCUT2D eigenvalue weighted by Gasteiger charge is 2.19. The van der Waals surface area contributed by atoms with Crippen molar-refractivity contribution in [1.82, 2.24) is 5.48 Å². The van der Waals surface area contributed by atoms with Crippen molar-refractivity contribution >= 4 is 39.9 Å². The van der Waals surface area contributed by atoms with Gasteiger partial charge in [-0.15, -0.1) is 0 Å². The first-order valence-corrected chi connectivity index (χ1v) is 9.52. The second-order valence-corrected chi connectivity index (χ2v) is 7.00. The molecule has 9 heteroatoms. The number of aryl methyl sites for hydroxylation is 1. The summed E-state index contributed by atoms with van der Waals surface area (Å²) in [6.07, 6.45) is 0. The maximum absolute atomic E-state index is 14.4. The van der Waals surface area contributed by atoms with Crippen LogP contribution in [0.25, 0.3) is 0 Å². The van der Waals surface area contributed by atoms with Crippen LogP contribution in [0.5, 0.6) is 0 Å². The first-order valence-electron chi connectivity index (χ1n) is 8.44. The molecule has 0 aromatic heterocycles. The van der Waals surface area contributed by atoms with Crippen LogP contribution >= 0.6 is 22.6 Å². The van der Waals surface area contributed by atoms with Crippen molar-refractivity contribution in [3.8, 4) is 0 Å². The molecule has 2 rings (SSSR count). The van der Waals surface area contributed by atoms with E-state index in [1.165, 1.54) is 6.07 Å². The molecule has 0 unspecified atom stereocenters. The van der Waals surface area contributed by atoms with E-state index >= 15 is 0 Å². The van der Waals surface area contributed by atoms with E-state index in [0.29, 0.717) is 18.9 Å². The Labute approximate surface area is 175 Å². The monoisotopic (exact) mass is 506 g/mol. The highest BCUT2D eigenvalue weighted by molar-refractivity contribution is 14.1. The number of hydrogen-bond acceptors (Lipinski definition) is 5. The standard InChI is InChI=1S/C19H21F2IN2O4/c1-12-11-13(22)3-6-16(12)23-18-14(4-5-15(20)17(18)21)19(25)24-28-10-9-27-8-7-26-2/h3-6,11,23H,7-10H2,1-2H3,(H,24,25). The molecule has 1 amide bonds. The molecule has 6 nitrogen and oxygen atoms in total. The largest absolute Gasteiger partial charge is 0.382 e. The summed E-state index contributed by atoms with van der Waals surface area (Å²) in [5.74, 6) is -2.91. The number of nitrogens with one attached hydrogen (secondary N) is 2. The number of carbonyl (C=O) groups excluding carboxylic acids is 1. The third-order valence-corrected chi connectivity index (χ3v) is 4.38. The number of methoxy groups -OCH3 is 1. The van der Waals surface area contributed by atoms with Gasteiger partial charge in [-0.25, -0.2) is 14.3 Å². The Morgan fingerprint density at radius 1 is 1.11 bits per heavy atom. The van der Waals surface area contributed by atoms with E-state index in [9.17, 15) is 13.6 Å². The first-order chi connectivity index (χ1) is 13.4. The van der Waals surface area contributed by atoms with Gasteiger partial charge in [0.15, 0.2) is 11.6 Å². The third kappa shape index (κ3) is 6.36. The van der Waals surface area contributed by atoms with Gasteiger partial charge in [0, 0.05) is 16.4 Å². The summed E-state index contributed by atoms with van der Waals surface area (Å²) in [5, 5.41) is 2.81. The maximum Gasteiger partial charge on any atom is 0.277 e. The minimum absolute atomic E-state index is 0.0860. The molecule has 0 fully saturated rings. The normalized spacial score (nSPS) is 10.8. The van der Waals surface area contributed by atoms with E-state index in [-0.39, 0.29) is 24.5 Å². The number of hydrogen-bond donors (Lipinski definition) is 2. The number of carbonyl (C=O) groups is 1. The molecule has 0 saturated heterocycles. The van der Waals surface area contributed by atoms with E-state index in [1.807, 2.05) is 19.1 Å². The lowest BCUT2D eigenvalue weighted by molar-refractivity contribution is -0.00936. The molecule has 0 radical (unpaired) electrons. The number of rotatable bonds is 10. The van der Waals surface area contributed by atoms with Gasteiger partial charge in [0.1, 0.15) is 0 Å². The van der Waals surface area contributed by atoms with Crippen molar-refractivity contribution in [2.24, 2.45) is 0 Å². The molecule has 0 heterocycles. The van der Waals surface area contributed by atoms with Crippen LogP contribution in [0.2, 0.25) is 0 Å². The molecule has 2 aromatic carbocycles. The molecule has 0 spiro atoms. The van der Waals surface area contributed by atoms with E-state index in [0.717, 1.165) is 15.2 Å². The van der Waals surface area contributed by atoms with Crippen LogP contribution in [0, 0.1) is 22.1 Å². The Balaban J connectivity index is 2.07. The zero-order valence-corrected chi connectivity index (χ0v) is 17.6. The van der Waals surface area contributed by atoms with Gasteiger partial charge in [0.25, 0.3) is 5.91 Å². The van der Waals surface area contributed by atoms with Crippen molar-refractivity contribution < 1.29 is 27.9 Å². The van der Waals surface area contributed by atoms with E-state index in [1.54, 1.807) is 13.2 Å². The van der Waals surface area contributed by atoms with Crippen LogP contribution < -0.4 is 10.8 Å². The molecule has 2 N–H and O–H groups in total. The fourth-order valence-electron chi connectivity index (χ4n) is 2.28. The second kappa shape index (κ2) is 11.2. The molecule has 0 bridgehead atoms. The van der Waals surface area contributed by atoms with E-state index in [4.69, 9.17) is 14.3 Å². The van der Waals surface area contributed by atoms with Crippen molar-refractivity contribution in [1.29, 1.82) is 0 Å². The van der Waals surface area contributed by atoms with Crippen LogP contribution in [0.1, 0.15) is 15.9 Å². The van der Waals surface area contributed by atoms with Crippen molar-refractivity contribution in [2.75, 3.05) is 38.9 Å². The van der Waals surface area contributed by atoms with E-state index in [2.05, 4.69) is 33.4 Å². The Bertz CT molecular complexity index is 821. The number of anilines is 2. The quantitative estimate of drug-likeness (QED) is 0.290. The minimum atomic E-state index is -1.14. The van der Waals surface area contributed by atoms with Crippen molar-refractivity contribution in [2.45, 2.75) is 6.92 Å². The topological polar surface area (TPSA) is 68.8 Å². The van der Waals surface area contributed by atoms with Crippen LogP contribution in [-0.2, 0) is 14.3 Å². The lowest BCUT2D eigenvalue weighted by Gasteiger charge is -2.15. The van der Waals surface area contributed by atoms with Gasteiger partial charge in [0.05, 0.1) is 37.7 Å². The molecular formula is C19H21F2IN2O4. The minimum Gasteiger partial charge on any atom is -0.382 e. The Morgan fingerprint density at radius 2 is 1.86 bits per heavy atom. The Kier molecular flexibility index (Phi) is 9.03. The number of halogens is 3. The lowest BCUT2D eigenvalue weighted by atomic mass is 10.1. The number of amides is 1. The lowest BCUT2D eigenvalue weighted by Crippen LogP contribution is -2.27. The molecule has 0 saturated carbocycles. The average Bonchev–Trinajstić information content (AvgIpc) is 2.66. The van der Waals surface area contributed by atoms with Gasteiger partial charge in [-0.1, -0.05) is 0 Å². The van der Waals surface area contributed by atoms with Crippen LogP contribution in [0.3, 0.4) is 0 Å². The molecular weight excluding hydrogens is 485 g/mol. The molecule has 0 aliphatic rings. The maximum atomic E-state index is 14.4. The van der Waals surface area contributed by atoms with Gasteiger partial charge in [-0.3, -0.25) is 9.63 Å². The molecule has 0 aliphatic carbocycles. The SMILES string of the molecule is COCCOCCONC(=O)c1ccc(F)c(F)c1Nc1ccc(I)cc1C. The summed E-state index contributed by atoms with van der Waals surface area (Å²) in [6, 6.07) is 7.52. The smallest absolute Gasteiger partial charge is 0.277 e. The third-order valence-electron chi connectivity index (χ3n) is 3.71. The fourth-order valence-corrected chi connectivity index (χ4v) is 2.93. The highest BCUT2D eigenvalue weighted by atomic mass is 127. The van der Waals surface area contributed by atoms with Gasteiger partial charge in [-0.2, -0.15) is 0 Å².